The fourth-order valence-electron chi connectivity index (χ4n) is 2.87. The summed E-state index contributed by atoms with van der Waals surface area (Å²) in [5.41, 5.74) is 6.50. The Hall–Kier alpha value is -0.770. The SMILES string of the molecule is Cl.NCC(=O)NC(c1cccc(Cl)c1)C1CCCCC1. The number of carbonyl (C=O) groups excluding carboxylic acids is 1. The van der Waals surface area contributed by atoms with Crippen molar-refractivity contribution >= 4 is 29.9 Å². The molecule has 1 aromatic carbocycles. The molecular formula is C15H22Cl2N2O. The molecule has 1 aliphatic carbocycles. The Morgan fingerprint density at radius 3 is 2.65 bits per heavy atom. The number of benzene rings is 1. The van der Waals surface area contributed by atoms with Gasteiger partial charge in [0.1, 0.15) is 0 Å². The minimum Gasteiger partial charge on any atom is -0.348 e. The van der Waals surface area contributed by atoms with Crippen LogP contribution in [0.2, 0.25) is 5.02 Å². The van der Waals surface area contributed by atoms with E-state index in [0.29, 0.717) is 10.9 Å². The molecule has 0 aromatic heterocycles. The molecule has 1 fully saturated rings. The fraction of sp³-hybridized carbons (Fsp3) is 0.533. The van der Waals surface area contributed by atoms with Gasteiger partial charge in [0.2, 0.25) is 5.91 Å². The first kappa shape index (κ1) is 17.3. The summed E-state index contributed by atoms with van der Waals surface area (Å²) < 4.78 is 0. The molecule has 0 saturated heterocycles. The molecule has 0 spiro atoms. The second-order valence-electron chi connectivity index (χ2n) is 5.20. The summed E-state index contributed by atoms with van der Waals surface area (Å²) in [6.45, 7) is 0.0315. The van der Waals surface area contributed by atoms with Gasteiger partial charge in [0.15, 0.2) is 0 Å². The van der Waals surface area contributed by atoms with E-state index in [1.807, 2.05) is 24.3 Å². The molecule has 0 radical (unpaired) electrons. The van der Waals surface area contributed by atoms with Crippen molar-refractivity contribution in [3.63, 3.8) is 0 Å². The number of carbonyl (C=O) groups is 1. The van der Waals surface area contributed by atoms with Crippen LogP contribution < -0.4 is 11.1 Å². The molecule has 3 nitrogen and oxygen atoms in total. The van der Waals surface area contributed by atoms with Crippen molar-refractivity contribution in [2.45, 2.75) is 38.1 Å². The molecule has 2 rings (SSSR count). The zero-order valence-corrected chi connectivity index (χ0v) is 13.1. The highest BCUT2D eigenvalue weighted by atomic mass is 35.5. The van der Waals surface area contributed by atoms with Gasteiger partial charge in [0, 0.05) is 5.02 Å². The molecule has 0 bridgehead atoms. The van der Waals surface area contributed by atoms with Crippen molar-refractivity contribution in [3.8, 4) is 0 Å². The van der Waals surface area contributed by atoms with Gasteiger partial charge in [-0.05, 0) is 36.5 Å². The number of amides is 1. The van der Waals surface area contributed by atoms with Gasteiger partial charge < -0.3 is 11.1 Å². The van der Waals surface area contributed by atoms with Crippen LogP contribution in [0.4, 0.5) is 0 Å². The molecule has 20 heavy (non-hydrogen) atoms. The minimum absolute atomic E-state index is 0. The highest BCUT2D eigenvalue weighted by molar-refractivity contribution is 6.30. The molecular weight excluding hydrogens is 295 g/mol. The molecule has 0 aliphatic heterocycles. The van der Waals surface area contributed by atoms with Gasteiger partial charge in [-0.3, -0.25) is 4.79 Å². The van der Waals surface area contributed by atoms with Gasteiger partial charge in [-0.25, -0.2) is 0 Å². The third-order valence-corrected chi connectivity index (χ3v) is 4.07. The maximum atomic E-state index is 11.7. The largest absolute Gasteiger partial charge is 0.348 e. The van der Waals surface area contributed by atoms with Crippen LogP contribution in [-0.2, 0) is 4.79 Å². The number of rotatable bonds is 4. The molecule has 0 heterocycles. The van der Waals surface area contributed by atoms with Gasteiger partial charge in [-0.2, -0.15) is 0 Å². The van der Waals surface area contributed by atoms with E-state index in [4.69, 9.17) is 17.3 Å². The molecule has 112 valence electrons. The lowest BCUT2D eigenvalue weighted by Crippen LogP contribution is -2.37. The normalized spacial score (nSPS) is 17.1. The quantitative estimate of drug-likeness (QED) is 0.893. The first-order valence-electron chi connectivity index (χ1n) is 6.95. The molecule has 1 saturated carbocycles. The second-order valence-corrected chi connectivity index (χ2v) is 5.64. The highest BCUT2D eigenvalue weighted by Crippen LogP contribution is 2.35. The number of hydrogen-bond acceptors (Lipinski definition) is 2. The molecule has 1 amide bonds. The van der Waals surface area contributed by atoms with Gasteiger partial charge in [-0.1, -0.05) is 43.0 Å². The van der Waals surface area contributed by atoms with E-state index in [-0.39, 0.29) is 30.9 Å². The summed E-state index contributed by atoms with van der Waals surface area (Å²) in [5.74, 6) is 0.387. The van der Waals surface area contributed by atoms with Crippen LogP contribution in [0.15, 0.2) is 24.3 Å². The van der Waals surface area contributed by atoms with Crippen LogP contribution in [0, 0.1) is 5.92 Å². The van der Waals surface area contributed by atoms with Gasteiger partial charge in [0.05, 0.1) is 12.6 Å². The predicted molar refractivity (Wildman–Crippen MR) is 85.2 cm³/mol. The van der Waals surface area contributed by atoms with Crippen LogP contribution in [0.1, 0.15) is 43.7 Å². The number of nitrogens with one attached hydrogen (secondary N) is 1. The summed E-state index contributed by atoms with van der Waals surface area (Å²) in [7, 11) is 0. The van der Waals surface area contributed by atoms with Crippen LogP contribution in [0.3, 0.4) is 0 Å². The average Bonchev–Trinajstić information content (AvgIpc) is 2.45. The van der Waals surface area contributed by atoms with Gasteiger partial charge in [0.25, 0.3) is 0 Å². The van der Waals surface area contributed by atoms with Crippen LogP contribution in [-0.4, -0.2) is 12.5 Å². The number of hydrogen-bond donors (Lipinski definition) is 2. The highest BCUT2D eigenvalue weighted by Gasteiger charge is 2.26. The van der Waals surface area contributed by atoms with E-state index >= 15 is 0 Å². The van der Waals surface area contributed by atoms with E-state index < -0.39 is 0 Å². The zero-order valence-electron chi connectivity index (χ0n) is 11.5. The number of nitrogens with two attached hydrogens (primary N) is 1. The van der Waals surface area contributed by atoms with Crippen molar-refractivity contribution in [2.24, 2.45) is 11.7 Å². The molecule has 1 atom stereocenters. The summed E-state index contributed by atoms with van der Waals surface area (Å²) in [5, 5.41) is 3.77. The first-order valence-corrected chi connectivity index (χ1v) is 7.33. The second kappa shape index (κ2) is 8.50. The van der Waals surface area contributed by atoms with Crippen LogP contribution in [0.5, 0.6) is 0 Å². The van der Waals surface area contributed by atoms with Gasteiger partial charge in [-0.15, -0.1) is 12.4 Å². The zero-order chi connectivity index (χ0) is 13.7. The minimum atomic E-state index is -0.101. The Bertz CT molecular complexity index is 434. The van der Waals surface area contributed by atoms with Crippen molar-refractivity contribution in [1.82, 2.24) is 5.32 Å². The summed E-state index contributed by atoms with van der Waals surface area (Å²) >= 11 is 6.06. The standard InChI is InChI=1S/C15H21ClN2O.ClH/c16-13-8-4-7-12(9-13)15(18-14(19)10-17)11-5-2-1-3-6-11;/h4,7-9,11,15H,1-3,5-6,10,17H2,(H,18,19);1H. The smallest absolute Gasteiger partial charge is 0.234 e. The molecule has 1 aliphatic rings. The Morgan fingerprint density at radius 2 is 2.05 bits per heavy atom. The predicted octanol–water partition coefficient (Wildman–Crippen LogP) is 3.46. The first-order chi connectivity index (χ1) is 9.20. The lowest BCUT2D eigenvalue weighted by atomic mass is 9.81. The lowest BCUT2D eigenvalue weighted by molar-refractivity contribution is -0.121. The Labute approximate surface area is 131 Å². The van der Waals surface area contributed by atoms with E-state index in [9.17, 15) is 4.79 Å². The molecule has 1 unspecified atom stereocenters. The molecule has 1 aromatic rings. The topological polar surface area (TPSA) is 55.1 Å². The monoisotopic (exact) mass is 316 g/mol. The summed E-state index contributed by atoms with van der Waals surface area (Å²) in [6.07, 6.45) is 6.08. The van der Waals surface area contributed by atoms with Crippen molar-refractivity contribution in [3.05, 3.63) is 34.9 Å². The van der Waals surface area contributed by atoms with Crippen molar-refractivity contribution in [2.75, 3.05) is 6.54 Å². The third kappa shape index (κ3) is 4.65. The number of halogens is 2. The van der Waals surface area contributed by atoms with E-state index in [2.05, 4.69) is 5.32 Å². The Kier molecular flexibility index (Phi) is 7.35. The summed E-state index contributed by atoms with van der Waals surface area (Å²) in [6, 6.07) is 7.80. The van der Waals surface area contributed by atoms with E-state index in [1.165, 1.54) is 19.3 Å². The van der Waals surface area contributed by atoms with E-state index in [1.54, 1.807) is 0 Å². The molecule has 3 N–H and O–H groups in total. The van der Waals surface area contributed by atoms with E-state index in [0.717, 1.165) is 18.4 Å². The molecule has 5 heteroatoms. The Balaban J connectivity index is 0.00000200. The lowest BCUT2D eigenvalue weighted by Gasteiger charge is -2.31. The van der Waals surface area contributed by atoms with Crippen molar-refractivity contribution in [1.29, 1.82) is 0 Å². The summed E-state index contributed by atoms with van der Waals surface area (Å²) in [4.78, 5) is 11.7. The van der Waals surface area contributed by atoms with Crippen molar-refractivity contribution < 1.29 is 4.79 Å². The maximum absolute atomic E-state index is 11.7. The fourth-order valence-corrected chi connectivity index (χ4v) is 3.07. The van der Waals surface area contributed by atoms with Gasteiger partial charge >= 0.3 is 0 Å². The maximum Gasteiger partial charge on any atom is 0.234 e. The third-order valence-electron chi connectivity index (χ3n) is 3.83. The van der Waals surface area contributed by atoms with Crippen LogP contribution in [0.25, 0.3) is 0 Å². The Morgan fingerprint density at radius 1 is 1.35 bits per heavy atom. The van der Waals surface area contributed by atoms with Crippen LogP contribution >= 0.6 is 24.0 Å². The average molecular weight is 317 g/mol.